The van der Waals surface area contributed by atoms with E-state index in [2.05, 4.69) is 9.88 Å². The number of fused-ring (bicyclic) bond motifs is 2. The van der Waals surface area contributed by atoms with Crippen molar-refractivity contribution in [3.8, 4) is 0 Å². The van der Waals surface area contributed by atoms with Gasteiger partial charge < -0.3 is 0 Å². The molecule has 162 valence electrons. The van der Waals surface area contributed by atoms with Crippen LogP contribution >= 0.6 is 0 Å². The summed E-state index contributed by atoms with van der Waals surface area (Å²) in [5.74, 6) is 1.57. The van der Waals surface area contributed by atoms with Crippen LogP contribution in [0.1, 0.15) is 41.4 Å². The van der Waals surface area contributed by atoms with Crippen molar-refractivity contribution in [1.82, 2.24) is 18.8 Å². The highest BCUT2D eigenvalue weighted by Gasteiger charge is 2.28. The topological polar surface area (TPSA) is 68.1 Å². The monoisotopic (exact) mass is 444 g/mol. The molecule has 0 amide bonds. The van der Waals surface area contributed by atoms with Crippen molar-refractivity contribution < 1.29 is 8.42 Å². The van der Waals surface area contributed by atoms with Gasteiger partial charge in [-0.3, -0.25) is 4.90 Å². The molecule has 1 aliphatic heterocycles. The molecule has 0 radical (unpaired) electrons. The molecule has 32 heavy (non-hydrogen) atoms. The van der Waals surface area contributed by atoms with Crippen molar-refractivity contribution >= 4 is 20.9 Å². The Morgan fingerprint density at radius 2 is 1.78 bits per heavy atom. The fraction of sp³-hybridized carbons (Fsp3) is 0.280. The second-order valence-corrected chi connectivity index (χ2v) is 10.5. The highest BCUT2D eigenvalue weighted by atomic mass is 32.2. The van der Waals surface area contributed by atoms with Gasteiger partial charge in [0.05, 0.1) is 10.4 Å². The Hall–Kier alpha value is -3.03. The smallest absolute Gasteiger partial charge is 0.268 e. The van der Waals surface area contributed by atoms with Crippen LogP contribution in [-0.4, -0.2) is 33.8 Å². The third kappa shape index (κ3) is 3.42. The largest absolute Gasteiger partial charge is 0.294 e. The number of hydrogen-bond donors (Lipinski definition) is 0. The van der Waals surface area contributed by atoms with Gasteiger partial charge in [0.1, 0.15) is 5.82 Å². The van der Waals surface area contributed by atoms with Gasteiger partial charge in [0.2, 0.25) is 0 Å². The lowest BCUT2D eigenvalue weighted by Crippen LogP contribution is -2.31. The standard InChI is InChI=1S/C25H24N4O2S/c30-32(31,21-6-2-1-3-7-21)29-17-20(22-8-4-5-9-24(22)29)16-28-13-12-23-19(15-28)14-26-25(27-23)18-10-11-18/h1-9,14,17-18H,10-13,15-16H2. The molecule has 0 spiro atoms. The van der Waals surface area contributed by atoms with E-state index >= 15 is 0 Å². The minimum Gasteiger partial charge on any atom is -0.294 e. The van der Waals surface area contributed by atoms with Gasteiger partial charge in [-0.2, -0.15) is 0 Å². The zero-order valence-electron chi connectivity index (χ0n) is 17.7. The molecule has 1 aliphatic carbocycles. The lowest BCUT2D eigenvalue weighted by Gasteiger charge is -2.27. The van der Waals surface area contributed by atoms with Crippen LogP contribution in [0, 0.1) is 0 Å². The summed E-state index contributed by atoms with van der Waals surface area (Å²) in [5.41, 5.74) is 4.08. The fourth-order valence-electron chi connectivity index (χ4n) is 4.55. The maximum absolute atomic E-state index is 13.3. The van der Waals surface area contributed by atoms with Crippen molar-refractivity contribution in [1.29, 1.82) is 0 Å². The van der Waals surface area contributed by atoms with E-state index in [4.69, 9.17) is 4.98 Å². The Bertz CT molecular complexity index is 1410. The molecule has 6 rings (SSSR count). The number of rotatable bonds is 5. The third-order valence-corrected chi connectivity index (χ3v) is 8.12. The first-order chi connectivity index (χ1) is 15.6. The van der Waals surface area contributed by atoms with Gasteiger partial charge in [0, 0.05) is 61.0 Å². The number of benzene rings is 2. The summed E-state index contributed by atoms with van der Waals surface area (Å²) in [5, 5.41) is 0.970. The molecule has 0 unspecified atom stereocenters. The van der Waals surface area contributed by atoms with Gasteiger partial charge in [-0.25, -0.2) is 22.4 Å². The van der Waals surface area contributed by atoms with Crippen LogP contribution in [0.2, 0.25) is 0 Å². The SMILES string of the molecule is O=S(=O)(c1ccccc1)n1cc(CN2CCc3nc(C4CC4)ncc3C2)c2ccccc21. The Labute approximate surface area is 187 Å². The van der Waals surface area contributed by atoms with E-state index in [1.54, 1.807) is 30.5 Å². The van der Waals surface area contributed by atoms with Crippen molar-refractivity contribution in [3.63, 3.8) is 0 Å². The zero-order chi connectivity index (χ0) is 21.7. The number of aromatic nitrogens is 3. The first-order valence-electron chi connectivity index (χ1n) is 11.1. The summed E-state index contributed by atoms with van der Waals surface area (Å²) in [6, 6.07) is 16.3. The molecular formula is C25H24N4O2S. The lowest BCUT2D eigenvalue weighted by atomic mass is 10.1. The summed E-state index contributed by atoms with van der Waals surface area (Å²) in [6.45, 7) is 2.37. The summed E-state index contributed by atoms with van der Waals surface area (Å²) < 4.78 is 28.1. The molecule has 2 aromatic heterocycles. The maximum atomic E-state index is 13.3. The number of hydrogen-bond acceptors (Lipinski definition) is 5. The molecule has 1 fully saturated rings. The minimum absolute atomic E-state index is 0.294. The molecule has 0 atom stereocenters. The molecular weight excluding hydrogens is 420 g/mol. The van der Waals surface area contributed by atoms with Crippen LogP contribution in [0.15, 0.2) is 71.9 Å². The molecule has 0 saturated heterocycles. The van der Waals surface area contributed by atoms with Crippen molar-refractivity contribution in [2.45, 2.75) is 43.2 Å². The van der Waals surface area contributed by atoms with E-state index in [0.29, 0.717) is 22.9 Å². The first kappa shape index (κ1) is 19.6. The van der Waals surface area contributed by atoms with Crippen LogP contribution in [0.3, 0.4) is 0 Å². The quantitative estimate of drug-likeness (QED) is 0.464. The van der Waals surface area contributed by atoms with E-state index < -0.39 is 10.0 Å². The lowest BCUT2D eigenvalue weighted by molar-refractivity contribution is 0.243. The average molecular weight is 445 g/mol. The van der Waals surface area contributed by atoms with Crippen LogP contribution in [-0.2, 0) is 29.5 Å². The molecule has 2 aromatic carbocycles. The Morgan fingerprint density at radius 1 is 1.00 bits per heavy atom. The van der Waals surface area contributed by atoms with E-state index in [9.17, 15) is 8.42 Å². The van der Waals surface area contributed by atoms with Gasteiger partial charge >= 0.3 is 0 Å². The molecule has 0 bridgehead atoms. The number of nitrogens with zero attached hydrogens (tertiary/aromatic N) is 4. The van der Waals surface area contributed by atoms with Gasteiger partial charge in [-0.15, -0.1) is 0 Å². The molecule has 4 aromatic rings. The minimum atomic E-state index is -3.66. The van der Waals surface area contributed by atoms with Crippen molar-refractivity contribution in [3.05, 3.63) is 89.6 Å². The third-order valence-electron chi connectivity index (χ3n) is 6.43. The molecule has 2 aliphatic rings. The predicted octanol–water partition coefficient (Wildman–Crippen LogP) is 4.10. The van der Waals surface area contributed by atoms with Crippen molar-refractivity contribution in [2.75, 3.05) is 6.54 Å². The highest BCUT2D eigenvalue weighted by Crippen LogP contribution is 2.38. The fourth-order valence-corrected chi connectivity index (χ4v) is 5.97. The van der Waals surface area contributed by atoms with E-state index in [0.717, 1.165) is 36.3 Å². The van der Waals surface area contributed by atoms with E-state index in [1.807, 2.05) is 36.5 Å². The van der Waals surface area contributed by atoms with Crippen LogP contribution in [0.25, 0.3) is 10.9 Å². The normalized spacial score (nSPS) is 16.9. The van der Waals surface area contributed by atoms with Gasteiger partial charge in [-0.05, 0) is 36.6 Å². The van der Waals surface area contributed by atoms with Gasteiger partial charge in [-0.1, -0.05) is 36.4 Å². The zero-order valence-corrected chi connectivity index (χ0v) is 18.5. The number of para-hydroxylation sites is 1. The molecule has 1 saturated carbocycles. The summed E-state index contributed by atoms with van der Waals surface area (Å²) in [4.78, 5) is 12.1. The first-order valence-corrected chi connectivity index (χ1v) is 12.5. The van der Waals surface area contributed by atoms with Gasteiger partial charge in [0.15, 0.2) is 0 Å². The van der Waals surface area contributed by atoms with Crippen molar-refractivity contribution in [2.24, 2.45) is 0 Å². The highest BCUT2D eigenvalue weighted by molar-refractivity contribution is 7.90. The maximum Gasteiger partial charge on any atom is 0.268 e. The molecule has 0 N–H and O–H groups in total. The molecule has 3 heterocycles. The van der Waals surface area contributed by atoms with E-state index in [-0.39, 0.29) is 0 Å². The second kappa shape index (κ2) is 7.53. The molecule has 7 heteroatoms. The van der Waals surface area contributed by atoms with Gasteiger partial charge in [0.25, 0.3) is 10.0 Å². The summed E-state index contributed by atoms with van der Waals surface area (Å²) in [6.07, 6.45) is 7.10. The second-order valence-electron chi connectivity index (χ2n) is 8.72. The van der Waals surface area contributed by atoms with Crippen LogP contribution < -0.4 is 0 Å². The summed E-state index contributed by atoms with van der Waals surface area (Å²) in [7, 11) is -3.66. The summed E-state index contributed by atoms with van der Waals surface area (Å²) >= 11 is 0. The van der Waals surface area contributed by atoms with Crippen LogP contribution in [0.4, 0.5) is 0 Å². The van der Waals surface area contributed by atoms with E-state index in [1.165, 1.54) is 28.1 Å². The predicted molar refractivity (Wildman–Crippen MR) is 123 cm³/mol. The van der Waals surface area contributed by atoms with Crippen LogP contribution in [0.5, 0.6) is 0 Å². The Morgan fingerprint density at radius 3 is 2.59 bits per heavy atom. The Balaban J connectivity index is 1.32. The average Bonchev–Trinajstić information content (AvgIpc) is 3.61. The Kier molecular flexibility index (Phi) is 4.62. The molecule has 6 nitrogen and oxygen atoms in total.